The molecule has 0 bridgehead atoms. The summed E-state index contributed by atoms with van der Waals surface area (Å²) in [4.78, 5) is 16.1. The maximum Gasteiger partial charge on any atom is 0.251 e. The van der Waals surface area contributed by atoms with Crippen LogP contribution in [0.1, 0.15) is 29.3 Å². The van der Waals surface area contributed by atoms with Crippen molar-refractivity contribution in [3.05, 3.63) is 48.0 Å². The number of amides is 1. The minimum absolute atomic E-state index is 0.0327. The summed E-state index contributed by atoms with van der Waals surface area (Å²) in [7, 11) is 0. The first-order valence-corrected chi connectivity index (χ1v) is 7.29. The lowest BCUT2D eigenvalue weighted by Gasteiger charge is -2.11. The maximum absolute atomic E-state index is 12.2. The van der Waals surface area contributed by atoms with Crippen LogP contribution >= 0.6 is 0 Å². The van der Waals surface area contributed by atoms with Gasteiger partial charge in [-0.3, -0.25) is 4.79 Å². The first-order valence-electron chi connectivity index (χ1n) is 7.29. The van der Waals surface area contributed by atoms with Crippen LogP contribution in [0.4, 0.5) is 5.69 Å². The summed E-state index contributed by atoms with van der Waals surface area (Å²) in [6.45, 7) is 6.34. The van der Waals surface area contributed by atoms with E-state index in [1.54, 1.807) is 12.5 Å². The van der Waals surface area contributed by atoms with Gasteiger partial charge in [0.15, 0.2) is 0 Å². The van der Waals surface area contributed by atoms with Gasteiger partial charge in [0.05, 0.1) is 6.33 Å². The van der Waals surface area contributed by atoms with Gasteiger partial charge in [-0.1, -0.05) is 6.92 Å². The van der Waals surface area contributed by atoms with Gasteiger partial charge < -0.3 is 15.2 Å². The van der Waals surface area contributed by atoms with Gasteiger partial charge in [0.1, 0.15) is 0 Å². The molecule has 0 unspecified atom stereocenters. The fourth-order valence-corrected chi connectivity index (χ4v) is 2.11. The molecule has 1 heterocycles. The standard InChI is InChI=1S/C16H22N4O/c1-3-6-18-14-4-5-15(13(2)11-14)16(21)19-8-10-20-9-7-17-12-20/h4-5,7,9,11-12,18H,3,6,8,10H2,1-2H3,(H,19,21). The Morgan fingerprint density at radius 1 is 1.33 bits per heavy atom. The summed E-state index contributed by atoms with van der Waals surface area (Å²) in [5, 5.41) is 6.25. The largest absolute Gasteiger partial charge is 0.385 e. The molecule has 1 amide bonds. The normalized spacial score (nSPS) is 10.4. The van der Waals surface area contributed by atoms with Crippen LogP contribution in [-0.2, 0) is 6.54 Å². The van der Waals surface area contributed by atoms with Crippen molar-refractivity contribution in [3.63, 3.8) is 0 Å². The second-order valence-corrected chi connectivity index (χ2v) is 5.01. The van der Waals surface area contributed by atoms with E-state index in [1.807, 2.05) is 35.9 Å². The Morgan fingerprint density at radius 2 is 2.19 bits per heavy atom. The van der Waals surface area contributed by atoms with E-state index < -0.39 is 0 Å². The predicted molar refractivity (Wildman–Crippen MR) is 84.5 cm³/mol. The Labute approximate surface area is 125 Å². The van der Waals surface area contributed by atoms with E-state index in [4.69, 9.17) is 0 Å². The van der Waals surface area contributed by atoms with E-state index in [-0.39, 0.29) is 5.91 Å². The SMILES string of the molecule is CCCNc1ccc(C(=O)NCCn2ccnc2)c(C)c1. The molecule has 0 atom stereocenters. The van der Waals surface area contributed by atoms with Gasteiger partial charge in [-0.25, -0.2) is 4.98 Å². The number of hydrogen-bond donors (Lipinski definition) is 2. The van der Waals surface area contributed by atoms with Crippen molar-refractivity contribution in [2.75, 3.05) is 18.4 Å². The molecule has 2 N–H and O–H groups in total. The molecule has 5 nitrogen and oxygen atoms in total. The number of aromatic nitrogens is 2. The monoisotopic (exact) mass is 286 g/mol. The number of carbonyl (C=O) groups is 1. The van der Waals surface area contributed by atoms with Crippen molar-refractivity contribution < 1.29 is 4.79 Å². The van der Waals surface area contributed by atoms with Crippen LogP contribution in [0.3, 0.4) is 0 Å². The molecule has 0 fully saturated rings. The van der Waals surface area contributed by atoms with E-state index in [1.165, 1.54) is 0 Å². The van der Waals surface area contributed by atoms with Crippen molar-refractivity contribution in [2.24, 2.45) is 0 Å². The molecule has 2 aromatic rings. The molecule has 0 saturated heterocycles. The van der Waals surface area contributed by atoms with Gasteiger partial charge in [-0.2, -0.15) is 0 Å². The third kappa shape index (κ3) is 4.34. The van der Waals surface area contributed by atoms with Crippen LogP contribution in [0.25, 0.3) is 0 Å². The van der Waals surface area contributed by atoms with Crippen LogP contribution in [0.15, 0.2) is 36.9 Å². The highest BCUT2D eigenvalue weighted by Gasteiger charge is 2.08. The smallest absolute Gasteiger partial charge is 0.251 e. The zero-order chi connectivity index (χ0) is 15.1. The number of rotatable bonds is 7. The summed E-state index contributed by atoms with van der Waals surface area (Å²) in [6.07, 6.45) is 6.43. The van der Waals surface area contributed by atoms with Gasteiger partial charge >= 0.3 is 0 Å². The second-order valence-electron chi connectivity index (χ2n) is 5.01. The van der Waals surface area contributed by atoms with E-state index in [2.05, 4.69) is 22.5 Å². The van der Waals surface area contributed by atoms with Crippen molar-refractivity contribution in [1.29, 1.82) is 0 Å². The molecule has 0 aliphatic rings. The van der Waals surface area contributed by atoms with Crippen LogP contribution < -0.4 is 10.6 Å². The van der Waals surface area contributed by atoms with Gasteiger partial charge in [0.25, 0.3) is 5.91 Å². The Kier molecular flexibility index (Phi) is 5.37. The third-order valence-electron chi connectivity index (χ3n) is 3.26. The molecule has 5 heteroatoms. The average Bonchev–Trinajstić information content (AvgIpc) is 2.98. The molecule has 21 heavy (non-hydrogen) atoms. The number of benzene rings is 1. The Morgan fingerprint density at radius 3 is 2.86 bits per heavy atom. The fraction of sp³-hybridized carbons (Fsp3) is 0.375. The van der Waals surface area contributed by atoms with Crippen molar-refractivity contribution in [1.82, 2.24) is 14.9 Å². The molecule has 112 valence electrons. The fourth-order valence-electron chi connectivity index (χ4n) is 2.11. The number of aryl methyl sites for hydroxylation is 1. The molecule has 1 aromatic heterocycles. The second kappa shape index (κ2) is 7.47. The molecule has 0 aliphatic carbocycles. The Hall–Kier alpha value is -2.30. The van der Waals surface area contributed by atoms with Gasteiger partial charge in [0.2, 0.25) is 0 Å². The van der Waals surface area contributed by atoms with Crippen LogP contribution in [0.5, 0.6) is 0 Å². The lowest BCUT2D eigenvalue weighted by molar-refractivity contribution is 0.0951. The van der Waals surface area contributed by atoms with Crippen LogP contribution in [0, 0.1) is 6.92 Å². The first-order chi connectivity index (χ1) is 10.2. The van der Waals surface area contributed by atoms with E-state index >= 15 is 0 Å². The van der Waals surface area contributed by atoms with Gasteiger partial charge in [-0.05, 0) is 37.1 Å². The lowest BCUT2D eigenvalue weighted by Crippen LogP contribution is -2.27. The molecule has 0 aliphatic heterocycles. The van der Waals surface area contributed by atoms with Gasteiger partial charge in [-0.15, -0.1) is 0 Å². The van der Waals surface area contributed by atoms with E-state index in [9.17, 15) is 4.79 Å². The quantitative estimate of drug-likeness (QED) is 0.822. The van der Waals surface area contributed by atoms with Crippen molar-refractivity contribution in [3.8, 4) is 0 Å². The molecule has 2 rings (SSSR count). The number of imidazole rings is 1. The molecule has 0 saturated carbocycles. The minimum Gasteiger partial charge on any atom is -0.385 e. The highest BCUT2D eigenvalue weighted by Crippen LogP contribution is 2.15. The van der Waals surface area contributed by atoms with Crippen LogP contribution in [-0.4, -0.2) is 28.5 Å². The lowest BCUT2D eigenvalue weighted by atomic mass is 10.1. The summed E-state index contributed by atoms with van der Waals surface area (Å²) in [5.41, 5.74) is 2.77. The van der Waals surface area contributed by atoms with E-state index in [0.29, 0.717) is 6.54 Å². The Balaban J connectivity index is 1.89. The Bertz CT molecular complexity index is 578. The van der Waals surface area contributed by atoms with Gasteiger partial charge in [0, 0.05) is 43.3 Å². The van der Waals surface area contributed by atoms with Crippen molar-refractivity contribution >= 4 is 11.6 Å². The zero-order valence-electron chi connectivity index (χ0n) is 12.6. The predicted octanol–water partition coefficient (Wildman–Crippen LogP) is 2.44. The summed E-state index contributed by atoms with van der Waals surface area (Å²) < 4.78 is 1.94. The van der Waals surface area contributed by atoms with E-state index in [0.717, 1.165) is 36.3 Å². The molecule has 1 aromatic carbocycles. The summed E-state index contributed by atoms with van der Waals surface area (Å²) in [5.74, 6) is -0.0327. The van der Waals surface area contributed by atoms with Crippen molar-refractivity contribution in [2.45, 2.75) is 26.8 Å². The number of nitrogens with zero attached hydrogens (tertiary/aromatic N) is 2. The number of hydrogen-bond acceptors (Lipinski definition) is 3. The molecule has 0 spiro atoms. The van der Waals surface area contributed by atoms with Crippen LogP contribution in [0.2, 0.25) is 0 Å². The third-order valence-corrected chi connectivity index (χ3v) is 3.26. The molecular formula is C16H22N4O. The number of anilines is 1. The number of carbonyl (C=O) groups excluding carboxylic acids is 1. The average molecular weight is 286 g/mol. The first kappa shape index (κ1) is 15.1. The molecule has 0 radical (unpaired) electrons. The number of nitrogens with one attached hydrogen (secondary N) is 2. The maximum atomic E-state index is 12.2. The molecular weight excluding hydrogens is 264 g/mol. The minimum atomic E-state index is -0.0327. The topological polar surface area (TPSA) is 59.0 Å². The summed E-state index contributed by atoms with van der Waals surface area (Å²) in [6, 6.07) is 5.84. The zero-order valence-corrected chi connectivity index (χ0v) is 12.6. The highest BCUT2D eigenvalue weighted by molar-refractivity contribution is 5.96. The highest BCUT2D eigenvalue weighted by atomic mass is 16.1. The summed E-state index contributed by atoms with van der Waals surface area (Å²) >= 11 is 0.